The van der Waals surface area contributed by atoms with Crippen LogP contribution < -0.4 is 14.5 Å². The van der Waals surface area contributed by atoms with Gasteiger partial charge < -0.3 is 14.5 Å². The van der Waals surface area contributed by atoms with Crippen LogP contribution in [0.1, 0.15) is 12.0 Å². The number of rotatable bonds is 4. The van der Waals surface area contributed by atoms with Crippen molar-refractivity contribution in [3.8, 4) is 16.9 Å². The first-order valence-corrected chi connectivity index (χ1v) is 10.1. The number of fused-ring (bicyclic) bond motifs is 2. The highest BCUT2D eigenvalue weighted by Gasteiger charge is 2.34. The van der Waals surface area contributed by atoms with Gasteiger partial charge in [0.15, 0.2) is 6.29 Å². The summed E-state index contributed by atoms with van der Waals surface area (Å²) in [6.07, 6.45) is 5.31. The van der Waals surface area contributed by atoms with Crippen LogP contribution in [0.4, 0.5) is 11.4 Å². The predicted molar refractivity (Wildman–Crippen MR) is 115 cm³/mol. The second kappa shape index (κ2) is 7.63. The maximum atomic E-state index is 13.2. The van der Waals surface area contributed by atoms with E-state index in [1.165, 1.54) is 5.56 Å². The number of pyridine rings is 1. The van der Waals surface area contributed by atoms with Crippen molar-refractivity contribution in [3.05, 3.63) is 72.6 Å². The number of anilines is 2. The zero-order valence-electron chi connectivity index (χ0n) is 16.4. The number of benzene rings is 2. The molecule has 0 fully saturated rings. The number of aryl methyl sites for hydroxylation is 1. The molecule has 3 aromatic rings. The molecule has 0 saturated heterocycles. The molecule has 30 heavy (non-hydrogen) atoms. The second-order valence-corrected chi connectivity index (χ2v) is 7.47. The van der Waals surface area contributed by atoms with Gasteiger partial charge in [-0.25, -0.2) is 0 Å². The lowest BCUT2D eigenvalue weighted by Gasteiger charge is -2.31. The highest BCUT2D eigenvalue weighted by atomic mass is 16.5. The van der Waals surface area contributed by atoms with Crippen LogP contribution in [0.3, 0.4) is 0 Å². The number of aldehydes is 1. The molecule has 0 saturated carbocycles. The standard InChI is InChI=1S/C24H21N3O3/c28-16-24-27(15-23(29)26-13-3-5-18-4-1-2-6-20(18)26)21-14-19(7-8-22(21)30-24)17-9-11-25-12-10-17/h1-2,4,6-12,14,16,24H,3,5,13,15H2. The van der Waals surface area contributed by atoms with E-state index in [0.717, 1.165) is 41.6 Å². The highest BCUT2D eigenvalue weighted by Crippen LogP contribution is 2.40. The van der Waals surface area contributed by atoms with Crippen LogP contribution in [0.25, 0.3) is 11.1 Å². The normalized spacial score (nSPS) is 17.1. The van der Waals surface area contributed by atoms with Crippen molar-refractivity contribution in [2.24, 2.45) is 0 Å². The van der Waals surface area contributed by atoms with E-state index >= 15 is 0 Å². The topological polar surface area (TPSA) is 62.7 Å². The average molecular weight is 399 g/mol. The number of para-hydroxylation sites is 1. The van der Waals surface area contributed by atoms with Crippen molar-refractivity contribution in [1.82, 2.24) is 4.98 Å². The number of aromatic nitrogens is 1. The zero-order valence-corrected chi connectivity index (χ0v) is 16.4. The Morgan fingerprint density at radius 2 is 1.90 bits per heavy atom. The van der Waals surface area contributed by atoms with Crippen molar-refractivity contribution < 1.29 is 14.3 Å². The van der Waals surface area contributed by atoms with E-state index < -0.39 is 6.23 Å². The summed E-state index contributed by atoms with van der Waals surface area (Å²) in [7, 11) is 0. The average Bonchev–Trinajstić information content (AvgIpc) is 3.16. The largest absolute Gasteiger partial charge is 0.461 e. The molecule has 3 heterocycles. The van der Waals surface area contributed by atoms with Gasteiger partial charge in [-0.15, -0.1) is 0 Å². The van der Waals surface area contributed by atoms with Gasteiger partial charge in [-0.1, -0.05) is 24.3 Å². The number of hydrogen-bond donors (Lipinski definition) is 0. The van der Waals surface area contributed by atoms with Gasteiger partial charge in [0.1, 0.15) is 12.3 Å². The van der Waals surface area contributed by atoms with E-state index in [-0.39, 0.29) is 12.5 Å². The van der Waals surface area contributed by atoms with Gasteiger partial charge in [0, 0.05) is 24.6 Å². The minimum atomic E-state index is -0.809. The van der Waals surface area contributed by atoms with Crippen LogP contribution in [-0.2, 0) is 16.0 Å². The quantitative estimate of drug-likeness (QED) is 0.629. The van der Waals surface area contributed by atoms with Crippen LogP contribution in [0.5, 0.6) is 5.75 Å². The van der Waals surface area contributed by atoms with Crippen molar-refractivity contribution in [2.75, 3.05) is 22.9 Å². The van der Waals surface area contributed by atoms with Crippen molar-refractivity contribution >= 4 is 23.6 Å². The first-order chi connectivity index (χ1) is 14.7. The Bertz CT molecular complexity index is 1100. The van der Waals surface area contributed by atoms with Crippen molar-refractivity contribution in [1.29, 1.82) is 0 Å². The van der Waals surface area contributed by atoms with E-state index in [9.17, 15) is 9.59 Å². The number of carbonyl (C=O) groups excluding carboxylic acids is 2. The molecule has 5 rings (SSSR count). The van der Waals surface area contributed by atoms with E-state index in [1.54, 1.807) is 17.3 Å². The monoisotopic (exact) mass is 399 g/mol. The Morgan fingerprint density at radius 3 is 2.73 bits per heavy atom. The number of nitrogens with zero attached hydrogens (tertiary/aromatic N) is 3. The first-order valence-electron chi connectivity index (χ1n) is 10.1. The third-order valence-electron chi connectivity index (χ3n) is 5.67. The lowest BCUT2D eigenvalue weighted by molar-refractivity contribution is -0.118. The molecule has 0 aliphatic carbocycles. The van der Waals surface area contributed by atoms with Crippen LogP contribution in [-0.4, -0.2) is 36.5 Å². The van der Waals surface area contributed by atoms with E-state index in [0.29, 0.717) is 12.3 Å². The molecule has 6 heteroatoms. The fraction of sp³-hybridized carbons (Fsp3) is 0.208. The Balaban J connectivity index is 1.45. The summed E-state index contributed by atoms with van der Waals surface area (Å²) in [6, 6.07) is 17.6. The van der Waals surface area contributed by atoms with Gasteiger partial charge in [-0.2, -0.15) is 0 Å². The smallest absolute Gasteiger partial charge is 0.246 e. The summed E-state index contributed by atoms with van der Waals surface area (Å²) < 4.78 is 5.79. The Morgan fingerprint density at radius 1 is 1.07 bits per heavy atom. The van der Waals surface area contributed by atoms with Gasteiger partial charge in [0.05, 0.1) is 5.69 Å². The maximum Gasteiger partial charge on any atom is 0.246 e. The van der Waals surface area contributed by atoms with Crippen molar-refractivity contribution in [3.63, 3.8) is 0 Å². The molecular weight excluding hydrogens is 378 g/mol. The Labute approximate surface area is 174 Å². The molecular formula is C24H21N3O3. The SMILES string of the molecule is O=CC1Oc2ccc(-c3ccncc3)cc2N1CC(=O)N1CCCc2ccccc21. The summed E-state index contributed by atoms with van der Waals surface area (Å²) in [5.74, 6) is 0.566. The van der Waals surface area contributed by atoms with Crippen LogP contribution >= 0.6 is 0 Å². The fourth-order valence-electron chi connectivity index (χ4n) is 4.20. The van der Waals surface area contributed by atoms with Crippen molar-refractivity contribution in [2.45, 2.75) is 19.1 Å². The molecule has 6 nitrogen and oxygen atoms in total. The lowest BCUT2D eigenvalue weighted by atomic mass is 10.0. The predicted octanol–water partition coefficient (Wildman–Crippen LogP) is 3.45. The molecule has 2 aromatic carbocycles. The minimum absolute atomic E-state index is 0.0419. The van der Waals surface area contributed by atoms with Crippen LogP contribution in [0, 0.1) is 0 Å². The van der Waals surface area contributed by atoms with Gasteiger partial charge in [0.2, 0.25) is 12.1 Å². The Kier molecular flexibility index (Phi) is 4.67. The minimum Gasteiger partial charge on any atom is -0.461 e. The molecule has 0 N–H and O–H groups in total. The molecule has 2 aliphatic rings. The van der Waals surface area contributed by atoms with E-state index in [4.69, 9.17) is 4.74 Å². The first kappa shape index (κ1) is 18.4. The summed E-state index contributed by atoms with van der Waals surface area (Å²) in [6.45, 7) is 0.755. The van der Waals surface area contributed by atoms with Gasteiger partial charge in [0.25, 0.3) is 0 Å². The molecule has 1 atom stereocenters. The van der Waals surface area contributed by atoms with Gasteiger partial charge >= 0.3 is 0 Å². The molecule has 150 valence electrons. The molecule has 0 bridgehead atoms. The molecule has 0 radical (unpaired) electrons. The second-order valence-electron chi connectivity index (χ2n) is 7.47. The maximum absolute atomic E-state index is 13.2. The molecule has 1 aromatic heterocycles. The number of ether oxygens (including phenoxy) is 1. The number of hydrogen-bond acceptors (Lipinski definition) is 5. The van der Waals surface area contributed by atoms with E-state index in [1.807, 2.05) is 53.4 Å². The summed E-state index contributed by atoms with van der Waals surface area (Å²) in [4.78, 5) is 32.6. The van der Waals surface area contributed by atoms with E-state index in [2.05, 4.69) is 11.1 Å². The molecule has 0 spiro atoms. The molecule has 1 amide bonds. The molecule has 2 aliphatic heterocycles. The zero-order chi connectivity index (χ0) is 20.5. The third-order valence-corrected chi connectivity index (χ3v) is 5.67. The highest BCUT2D eigenvalue weighted by molar-refractivity contribution is 5.98. The summed E-state index contributed by atoms with van der Waals surface area (Å²) in [5, 5.41) is 0. The van der Waals surface area contributed by atoms with Gasteiger partial charge in [-0.3, -0.25) is 14.6 Å². The third kappa shape index (κ3) is 3.20. The molecule has 1 unspecified atom stereocenters. The summed E-state index contributed by atoms with van der Waals surface area (Å²) >= 11 is 0. The summed E-state index contributed by atoms with van der Waals surface area (Å²) in [5.41, 5.74) is 4.88. The van der Waals surface area contributed by atoms with Crippen LogP contribution in [0.15, 0.2) is 67.0 Å². The number of amides is 1. The van der Waals surface area contributed by atoms with Crippen LogP contribution in [0.2, 0.25) is 0 Å². The lowest BCUT2D eigenvalue weighted by Crippen LogP contribution is -2.46. The Hall–Kier alpha value is -3.67. The number of carbonyl (C=O) groups is 2. The fourth-order valence-corrected chi connectivity index (χ4v) is 4.20. The van der Waals surface area contributed by atoms with Gasteiger partial charge in [-0.05, 0) is 59.9 Å².